The van der Waals surface area contributed by atoms with Crippen molar-refractivity contribution in [3.05, 3.63) is 17.9 Å². The van der Waals surface area contributed by atoms with Gasteiger partial charge in [0.25, 0.3) is 10.0 Å². The topological polar surface area (TPSA) is 50.5 Å². The van der Waals surface area contributed by atoms with Gasteiger partial charge in [-0.1, -0.05) is 13.8 Å². The second-order valence-electron chi connectivity index (χ2n) is 3.35. The molecule has 0 fully saturated rings. The van der Waals surface area contributed by atoms with Crippen molar-refractivity contribution in [1.82, 2.24) is 4.31 Å². The van der Waals surface area contributed by atoms with Gasteiger partial charge in [0.15, 0.2) is 0 Å². The van der Waals surface area contributed by atoms with Crippen LogP contribution in [0.1, 0.15) is 26.0 Å². The molecule has 0 N–H and O–H groups in total. The van der Waals surface area contributed by atoms with E-state index in [-0.39, 0.29) is 11.0 Å². The van der Waals surface area contributed by atoms with Gasteiger partial charge in [-0.2, -0.15) is 4.31 Å². The Morgan fingerprint density at radius 3 is 2.50 bits per heavy atom. The summed E-state index contributed by atoms with van der Waals surface area (Å²) in [6, 6.07) is 3.03. The number of sulfonamides is 1. The smallest absolute Gasteiger partial charge is 0.276 e. The maximum absolute atomic E-state index is 12.1. The minimum Gasteiger partial charge on any atom is -0.447 e. The van der Waals surface area contributed by atoms with Gasteiger partial charge >= 0.3 is 0 Å². The molecule has 0 amide bonds. The number of furan rings is 1. The molecular formula is C10H16ClNO3S. The van der Waals surface area contributed by atoms with E-state index in [2.05, 4.69) is 0 Å². The van der Waals surface area contributed by atoms with Gasteiger partial charge in [0, 0.05) is 13.1 Å². The van der Waals surface area contributed by atoms with Crippen molar-refractivity contribution in [2.24, 2.45) is 0 Å². The molecule has 0 bridgehead atoms. The van der Waals surface area contributed by atoms with Crippen LogP contribution in [0.5, 0.6) is 0 Å². The lowest BCUT2D eigenvalue weighted by Gasteiger charge is -2.17. The number of alkyl halides is 1. The van der Waals surface area contributed by atoms with Crippen LogP contribution in [0.3, 0.4) is 0 Å². The number of halogens is 1. The number of nitrogens with zero attached hydrogens (tertiary/aromatic N) is 1. The third kappa shape index (κ3) is 2.78. The van der Waals surface area contributed by atoms with E-state index in [1.807, 2.05) is 6.92 Å². The molecule has 0 aromatic carbocycles. The molecule has 0 unspecified atom stereocenters. The molecule has 0 saturated heterocycles. The van der Waals surface area contributed by atoms with Crippen LogP contribution < -0.4 is 0 Å². The predicted molar refractivity (Wildman–Crippen MR) is 63.0 cm³/mol. The first kappa shape index (κ1) is 13.5. The highest BCUT2D eigenvalue weighted by atomic mass is 35.5. The quantitative estimate of drug-likeness (QED) is 0.743. The van der Waals surface area contributed by atoms with Gasteiger partial charge in [-0.3, -0.25) is 0 Å². The molecule has 1 heterocycles. The Morgan fingerprint density at radius 1 is 1.38 bits per heavy atom. The molecule has 0 spiro atoms. The SMILES string of the molecule is CCCN(CC)S(=O)(=O)c1ccc(CCl)o1. The van der Waals surface area contributed by atoms with Crippen molar-refractivity contribution < 1.29 is 12.8 Å². The molecule has 0 radical (unpaired) electrons. The van der Waals surface area contributed by atoms with E-state index in [0.29, 0.717) is 18.8 Å². The largest absolute Gasteiger partial charge is 0.447 e. The molecule has 6 heteroatoms. The maximum atomic E-state index is 12.1. The minimum atomic E-state index is -3.49. The summed E-state index contributed by atoms with van der Waals surface area (Å²) in [5, 5.41) is -0.0292. The van der Waals surface area contributed by atoms with Crippen LogP contribution in [0.15, 0.2) is 21.6 Å². The van der Waals surface area contributed by atoms with Crippen molar-refractivity contribution in [3.8, 4) is 0 Å². The van der Waals surface area contributed by atoms with E-state index in [9.17, 15) is 8.42 Å². The van der Waals surface area contributed by atoms with Gasteiger partial charge in [0.05, 0.1) is 5.88 Å². The van der Waals surface area contributed by atoms with Crippen LogP contribution in [0.25, 0.3) is 0 Å². The Morgan fingerprint density at radius 2 is 2.06 bits per heavy atom. The fraction of sp³-hybridized carbons (Fsp3) is 0.600. The Bertz CT molecular complexity index is 427. The van der Waals surface area contributed by atoms with E-state index in [1.54, 1.807) is 13.0 Å². The summed E-state index contributed by atoms with van der Waals surface area (Å²) in [7, 11) is -3.49. The zero-order chi connectivity index (χ0) is 12.2. The molecule has 0 saturated carbocycles. The zero-order valence-electron chi connectivity index (χ0n) is 9.44. The maximum Gasteiger partial charge on any atom is 0.276 e. The molecule has 4 nitrogen and oxygen atoms in total. The van der Waals surface area contributed by atoms with E-state index in [0.717, 1.165) is 6.42 Å². The van der Waals surface area contributed by atoms with E-state index in [4.69, 9.17) is 16.0 Å². The summed E-state index contributed by atoms with van der Waals surface area (Å²) in [5.41, 5.74) is 0. The highest BCUT2D eigenvalue weighted by Crippen LogP contribution is 2.19. The van der Waals surface area contributed by atoms with Gasteiger partial charge in [0.1, 0.15) is 5.76 Å². The first-order valence-electron chi connectivity index (χ1n) is 5.21. The van der Waals surface area contributed by atoms with Crippen LogP contribution >= 0.6 is 11.6 Å². The van der Waals surface area contributed by atoms with E-state index >= 15 is 0 Å². The molecule has 0 aliphatic heterocycles. The van der Waals surface area contributed by atoms with Crippen molar-refractivity contribution >= 4 is 21.6 Å². The predicted octanol–water partition coefficient (Wildman–Crippen LogP) is 2.44. The summed E-state index contributed by atoms with van der Waals surface area (Å²) in [6.07, 6.45) is 0.774. The van der Waals surface area contributed by atoms with E-state index in [1.165, 1.54) is 10.4 Å². The third-order valence-corrected chi connectivity index (χ3v) is 4.30. The molecule has 0 aliphatic carbocycles. The molecule has 16 heavy (non-hydrogen) atoms. The number of rotatable bonds is 6. The monoisotopic (exact) mass is 265 g/mol. The Balaban J connectivity index is 2.99. The molecular weight excluding hydrogens is 250 g/mol. The minimum absolute atomic E-state index is 0.0292. The van der Waals surface area contributed by atoms with Crippen LogP contribution in [-0.2, 0) is 15.9 Å². The Kier molecular flexibility index (Phi) is 4.83. The second kappa shape index (κ2) is 5.70. The van der Waals surface area contributed by atoms with Gasteiger partial charge in [0.2, 0.25) is 5.09 Å². The number of hydrogen-bond acceptors (Lipinski definition) is 3. The van der Waals surface area contributed by atoms with Gasteiger partial charge in [-0.05, 0) is 18.6 Å². The van der Waals surface area contributed by atoms with Crippen LogP contribution in [0, 0.1) is 0 Å². The zero-order valence-corrected chi connectivity index (χ0v) is 11.0. The molecule has 0 atom stereocenters. The molecule has 1 aromatic rings. The van der Waals surface area contributed by atoms with Crippen molar-refractivity contribution in [2.45, 2.75) is 31.2 Å². The molecule has 1 rings (SSSR count). The lowest BCUT2D eigenvalue weighted by atomic mass is 10.5. The van der Waals surface area contributed by atoms with E-state index < -0.39 is 10.0 Å². The normalized spacial score (nSPS) is 12.2. The van der Waals surface area contributed by atoms with Gasteiger partial charge < -0.3 is 4.42 Å². The Labute approximate surface area is 101 Å². The highest BCUT2D eigenvalue weighted by molar-refractivity contribution is 7.89. The summed E-state index contributed by atoms with van der Waals surface area (Å²) in [4.78, 5) is 0. The molecule has 1 aromatic heterocycles. The summed E-state index contributed by atoms with van der Waals surface area (Å²) < 4.78 is 30.7. The standard InChI is InChI=1S/C10H16ClNO3S/c1-3-7-12(4-2)16(13,14)10-6-5-9(8-11)15-10/h5-6H,3-4,7-8H2,1-2H3. The van der Waals surface area contributed by atoms with Crippen LogP contribution in [0.2, 0.25) is 0 Å². The summed E-state index contributed by atoms with van der Waals surface area (Å²) in [6.45, 7) is 4.67. The van der Waals surface area contributed by atoms with Gasteiger partial charge in [-0.15, -0.1) is 11.6 Å². The average Bonchev–Trinajstić information content (AvgIpc) is 2.74. The fourth-order valence-electron chi connectivity index (χ4n) is 1.39. The third-order valence-electron chi connectivity index (χ3n) is 2.19. The number of hydrogen-bond donors (Lipinski definition) is 0. The lowest BCUT2D eigenvalue weighted by Crippen LogP contribution is -2.31. The highest BCUT2D eigenvalue weighted by Gasteiger charge is 2.25. The molecule has 0 aliphatic rings. The van der Waals surface area contributed by atoms with Crippen molar-refractivity contribution in [1.29, 1.82) is 0 Å². The summed E-state index contributed by atoms with van der Waals surface area (Å²) >= 11 is 5.56. The van der Waals surface area contributed by atoms with Crippen LogP contribution in [-0.4, -0.2) is 25.8 Å². The molecule has 92 valence electrons. The van der Waals surface area contributed by atoms with Crippen molar-refractivity contribution in [3.63, 3.8) is 0 Å². The fourth-order valence-corrected chi connectivity index (χ4v) is 3.01. The first-order valence-corrected chi connectivity index (χ1v) is 7.18. The lowest BCUT2D eigenvalue weighted by molar-refractivity contribution is 0.378. The summed E-state index contributed by atoms with van der Waals surface area (Å²) in [5.74, 6) is 0.642. The first-order chi connectivity index (χ1) is 7.56. The Hall–Kier alpha value is -0.520. The second-order valence-corrected chi connectivity index (χ2v) is 5.49. The van der Waals surface area contributed by atoms with Crippen molar-refractivity contribution in [2.75, 3.05) is 13.1 Å². The van der Waals surface area contributed by atoms with Crippen LogP contribution in [0.4, 0.5) is 0 Å². The average molecular weight is 266 g/mol. The van der Waals surface area contributed by atoms with Gasteiger partial charge in [-0.25, -0.2) is 8.42 Å².